The zero-order valence-corrected chi connectivity index (χ0v) is 22.2. The van der Waals surface area contributed by atoms with Crippen molar-refractivity contribution in [1.82, 2.24) is 15.5 Å². The summed E-state index contributed by atoms with van der Waals surface area (Å²) in [6.07, 6.45) is 0.788. The lowest BCUT2D eigenvalue weighted by Gasteiger charge is -2.38. The van der Waals surface area contributed by atoms with Crippen molar-refractivity contribution < 1.29 is 24.2 Å². The van der Waals surface area contributed by atoms with E-state index in [9.17, 15) is 19.5 Å². The minimum absolute atomic E-state index is 0.0782. The van der Waals surface area contributed by atoms with Crippen LogP contribution in [0.4, 0.5) is 4.79 Å². The highest BCUT2D eigenvalue weighted by atomic mass is 16.6. The standard InChI is InChI=1S/C26H43N3O5/c1-17(2)14-15-18(3)29(21(31)16-27-24(33)34-26(7,8)9)22(23(32)28-25(4,5)6)19-12-10-11-13-20(19)30/h10-13,17-18,22,30H,14-16H2,1-9H3,(H,27,33)(H,28,32). The number of rotatable bonds is 9. The summed E-state index contributed by atoms with van der Waals surface area (Å²) >= 11 is 0. The van der Waals surface area contributed by atoms with Gasteiger partial charge in [-0.2, -0.15) is 0 Å². The second kappa shape index (κ2) is 12.1. The van der Waals surface area contributed by atoms with Gasteiger partial charge in [-0.05, 0) is 73.3 Å². The van der Waals surface area contributed by atoms with E-state index in [4.69, 9.17) is 4.74 Å². The smallest absolute Gasteiger partial charge is 0.408 e. The number of phenolic OH excluding ortho intramolecular Hbond substituents is 1. The van der Waals surface area contributed by atoms with Crippen LogP contribution < -0.4 is 10.6 Å². The van der Waals surface area contributed by atoms with Crippen LogP contribution in [0.1, 0.15) is 86.8 Å². The van der Waals surface area contributed by atoms with Gasteiger partial charge in [0.25, 0.3) is 0 Å². The summed E-state index contributed by atoms with van der Waals surface area (Å²) in [7, 11) is 0. The van der Waals surface area contributed by atoms with Gasteiger partial charge in [0.05, 0.1) is 0 Å². The topological polar surface area (TPSA) is 108 Å². The molecule has 0 radical (unpaired) electrons. The third-order valence-corrected chi connectivity index (χ3v) is 4.96. The molecule has 0 aromatic heterocycles. The average molecular weight is 478 g/mol. The molecule has 1 aromatic rings. The van der Waals surface area contributed by atoms with Crippen molar-refractivity contribution in [1.29, 1.82) is 0 Å². The van der Waals surface area contributed by atoms with Crippen molar-refractivity contribution in [2.24, 2.45) is 5.92 Å². The van der Waals surface area contributed by atoms with E-state index in [0.717, 1.165) is 6.42 Å². The number of hydrogen-bond donors (Lipinski definition) is 3. The summed E-state index contributed by atoms with van der Waals surface area (Å²) in [5.41, 5.74) is -0.932. The first-order valence-corrected chi connectivity index (χ1v) is 11.9. The number of nitrogens with one attached hydrogen (secondary N) is 2. The lowest BCUT2D eigenvalue weighted by atomic mass is 9.96. The van der Waals surface area contributed by atoms with Crippen LogP contribution in [0.2, 0.25) is 0 Å². The Bertz CT molecular complexity index is 840. The molecule has 1 aromatic carbocycles. The first kappa shape index (κ1) is 29.3. The summed E-state index contributed by atoms with van der Waals surface area (Å²) in [5.74, 6) is -0.521. The highest BCUT2D eigenvalue weighted by Crippen LogP contribution is 2.32. The Morgan fingerprint density at radius 3 is 2.09 bits per heavy atom. The largest absolute Gasteiger partial charge is 0.508 e. The molecule has 1 rings (SSSR count). The monoisotopic (exact) mass is 477 g/mol. The minimum atomic E-state index is -1.07. The van der Waals surface area contributed by atoms with Crippen LogP contribution in [-0.4, -0.2) is 51.6 Å². The van der Waals surface area contributed by atoms with Crippen LogP contribution in [0.5, 0.6) is 5.75 Å². The molecule has 8 nitrogen and oxygen atoms in total. The van der Waals surface area contributed by atoms with Gasteiger partial charge < -0.3 is 25.4 Å². The third kappa shape index (κ3) is 10.0. The summed E-state index contributed by atoms with van der Waals surface area (Å²) < 4.78 is 5.24. The Morgan fingerprint density at radius 2 is 1.59 bits per heavy atom. The number of benzene rings is 1. The van der Waals surface area contributed by atoms with Gasteiger partial charge >= 0.3 is 6.09 Å². The molecule has 0 bridgehead atoms. The van der Waals surface area contributed by atoms with Crippen LogP contribution in [0.3, 0.4) is 0 Å². The number of alkyl carbamates (subject to hydrolysis) is 1. The second-order valence-electron chi connectivity index (χ2n) is 11.2. The number of phenols is 1. The highest BCUT2D eigenvalue weighted by Gasteiger charge is 2.37. The summed E-state index contributed by atoms with van der Waals surface area (Å²) in [6.45, 7) is 16.5. The number of hydrogen-bond acceptors (Lipinski definition) is 5. The van der Waals surface area contributed by atoms with E-state index >= 15 is 0 Å². The molecular formula is C26H43N3O5. The van der Waals surface area contributed by atoms with Crippen molar-refractivity contribution in [3.8, 4) is 5.75 Å². The summed E-state index contributed by atoms with van der Waals surface area (Å²) in [5, 5.41) is 16.0. The Hall–Kier alpha value is -2.77. The van der Waals surface area contributed by atoms with Gasteiger partial charge in [-0.1, -0.05) is 32.0 Å². The fourth-order valence-corrected chi connectivity index (χ4v) is 3.49. The van der Waals surface area contributed by atoms with Gasteiger partial charge in [-0.25, -0.2) is 4.79 Å². The van der Waals surface area contributed by atoms with Crippen molar-refractivity contribution in [2.45, 2.75) is 98.4 Å². The van der Waals surface area contributed by atoms with Crippen molar-refractivity contribution in [3.63, 3.8) is 0 Å². The van der Waals surface area contributed by atoms with Crippen LogP contribution in [0.25, 0.3) is 0 Å². The lowest BCUT2D eigenvalue weighted by Crippen LogP contribution is -2.53. The average Bonchev–Trinajstić information content (AvgIpc) is 2.66. The normalized spacial score (nSPS) is 13.7. The van der Waals surface area contributed by atoms with Crippen LogP contribution >= 0.6 is 0 Å². The zero-order valence-electron chi connectivity index (χ0n) is 22.2. The summed E-state index contributed by atoms with van der Waals surface area (Å²) in [4.78, 5) is 40.6. The Balaban J connectivity index is 3.38. The maximum Gasteiger partial charge on any atom is 0.408 e. The highest BCUT2D eigenvalue weighted by molar-refractivity contribution is 5.91. The fraction of sp³-hybridized carbons (Fsp3) is 0.654. The lowest BCUT2D eigenvalue weighted by molar-refractivity contribution is -0.143. The van der Waals surface area contributed by atoms with Gasteiger partial charge in [-0.3, -0.25) is 9.59 Å². The quantitative estimate of drug-likeness (QED) is 0.484. The number of carbonyl (C=O) groups excluding carboxylic acids is 3. The molecule has 0 fully saturated rings. The molecule has 192 valence electrons. The van der Waals surface area contributed by atoms with E-state index in [1.807, 2.05) is 27.7 Å². The number of amides is 3. The SMILES string of the molecule is CC(C)CCC(C)N(C(=O)CNC(=O)OC(C)(C)C)C(C(=O)NC(C)(C)C)c1ccccc1O. The predicted octanol–water partition coefficient (Wildman–Crippen LogP) is 4.53. The molecule has 8 heteroatoms. The van der Waals surface area contributed by atoms with E-state index in [0.29, 0.717) is 17.9 Å². The Labute approximate surface area is 204 Å². The van der Waals surface area contributed by atoms with Gasteiger partial charge in [0.2, 0.25) is 11.8 Å². The van der Waals surface area contributed by atoms with Gasteiger partial charge in [0.15, 0.2) is 0 Å². The molecule has 0 aliphatic rings. The molecule has 0 aliphatic carbocycles. The van der Waals surface area contributed by atoms with Crippen molar-refractivity contribution >= 4 is 17.9 Å². The summed E-state index contributed by atoms with van der Waals surface area (Å²) in [6, 6.07) is 5.11. The second-order valence-corrected chi connectivity index (χ2v) is 11.2. The number of para-hydroxylation sites is 1. The van der Waals surface area contributed by atoms with Gasteiger partial charge in [0, 0.05) is 17.1 Å². The minimum Gasteiger partial charge on any atom is -0.508 e. The third-order valence-electron chi connectivity index (χ3n) is 4.96. The maximum atomic E-state index is 13.5. The molecular weight excluding hydrogens is 434 g/mol. The predicted molar refractivity (Wildman–Crippen MR) is 133 cm³/mol. The van der Waals surface area contributed by atoms with E-state index in [2.05, 4.69) is 24.5 Å². The maximum absolute atomic E-state index is 13.5. The Morgan fingerprint density at radius 1 is 1.00 bits per heavy atom. The van der Waals surface area contributed by atoms with E-state index < -0.39 is 35.1 Å². The van der Waals surface area contributed by atoms with Gasteiger partial charge in [-0.15, -0.1) is 0 Å². The number of aromatic hydroxyl groups is 1. The zero-order chi connectivity index (χ0) is 26.3. The fourth-order valence-electron chi connectivity index (χ4n) is 3.49. The Kier molecular flexibility index (Phi) is 10.4. The molecule has 2 unspecified atom stereocenters. The number of carbonyl (C=O) groups is 3. The van der Waals surface area contributed by atoms with Crippen molar-refractivity contribution in [2.75, 3.05) is 6.54 Å². The van der Waals surface area contributed by atoms with Crippen LogP contribution in [-0.2, 0) is 14.3 Å². The molecule has 3 amide bonds. The number of ether oxygens (including phenoxy) is 1. The molecule has 0 saturated carbocycles. The molecule has 0 aliphatic heterocycles. The molecule has 0 spiro atoms. The van der Waals surface area contributed by atoms with Crippen LogP contribution in [0.15, 0.2) is 24.3 Å². The first-order valence-electron chi connectivity index (χ1n) is 11.9. The van der Waals surface area contributed by atoms with Crippen molar-refractivity contribution in [3.05, 3.63) is 29.8 Å². The molecule has 0 heterocycles. The van der Waals surface area contributed by atoms with E-state index in [1.54, 1.807) is 39.0 Å². The molecule has 0 saturated heterocycles. The van der Waals surface area contributed by atoms with E-state index in [1.165, 1.54) is 11.0 Å². The first-order chi connectivity index (χ1) is 15.5. The van der Waals surface area contributed by atoms with Gasteiger partial charge in [0.1, 0.15) is 23.9 Å². The molecule has 2 atom stereocenters. The number of nitrogens with zero attached hydrogens (tertiary/aromatic N) is 1. The van der Waals surface area contributed by atoms with E-state index in [-0.39, 0.29) is 18.3 Å². The van der Waals surface area contributed by atoms with Crippen LogP contribution in [0, 0.1) is 5.92 Å². The molecule has 3 N–H and O–H groups in total. The molecule has 34 heavy (non-hydrogen) atoms.